The van der Waals surface area contributed by atoms with Gasteiger partial charge in [-0.1, -0.05) is 18.2 Å². The van der Waals surface area contributed by atoms with Gasteiger partial charge in [-0.2, -0.15) is 18.3 Å². The van der Waals surface area contributed by atoms with Gasteiger partial charge in [0.1, 0.15) is 17.4 Å². The number of rotatable bonds is 11. The fourth-order valence-electron chi connectivity index (χ4n) is 9.36. The van der Waals surface area contributed by atoms with E-state index in [-0.39, 0.29) is 35.4 Å². The highest BCUT2D eigenvalue weighted by Gasteiger charge is 2.34. The van der Waals surface area contributed by atoms with E-state index in [0.717, 1.165) is 93.3 Å². The number of likely N-dealkylation sites (tertiary alicyclic amines) is 1. The van der Waals surface area contributed by atoms with Gasteiger partial charge in [0.05, 0.1) is 28.2 Å². The molecule has 4 N–H and O–H groups in total. The van der Waals surface area contributed by atoms with E-state index in [1.165, 1.54) is 10.6 Å². The summed E-state index contributed by atoms with van der Waals surface area (Å²) in [6.07, 6.45) is 3.89. The van der Waals surface area contributed by atoms with Gasteiger partial charge in [0.2, 0.25) is 11.8 Å². The number of nitrogens with zero attached hydrogens (tertiary/aromatic N) is 6. The number of imide groups is 1. The molecule has 3 amide bonds. The Labute approximate surface area is 350 Å². The Morgan fingerprint density at radius 3 is 2.33 bits per heavy atom. The van der Waals surface area contributed by atoms with Crippen LogP contribution in [0.3, 0.4) is 0 Å². The van der Waals surface area contributed by atoms with Crippen molar-refractivity contribution in [2.45, 2.75) is 95.6 Å². The van der Waals surface area contributed by atoms with Gasteiger partial charge in [0.15, 0.2) is 0 Å². The summed E-state index contributed by atoms with van der Waals surface area (Å²) in [5.41, 5.74) is 0.697. The van der Waals surface area contributed by atoms with Gasteiger partial charge in [0.25, 0.3) is 5.91 Å². The number of benzene rings is 2. The van der Waals surface area contributed by atoms with Gasteiger partial charge < -0.3 is 15.7 Å². The number of piperidine rings is 2. The normalized spacial score (nSPS) is 21.0. The van der Waals surface area contributed by atoms with Gasteiger partial charge in [-0.05, 0) is 133 Å². The minimum Gasteiger partial charge on any atom is -0.386 e. The zero-order valence-electron chi connectivity index (χ0n) is 34.6. The lowest BCUT2D eigenvalue weighted by atomic mass is 9.86. The van der Waals surface area contributed by atoms with E-state index < -0.39 is 35.3 Å². The molecule has 1 saturated carbocycles. The van der Waals surface area contributed by atoms with Crippen LogP contribution >= 0.6 is 0 Å². The van der Waals surface area contributed by atoms with Crippen molar-refractivity contribution in [1.82, 2.24) is 39.4 Å². The predicted molar refractivity (Wildman–Crippen MR) is 223 cm³/mol. The van der Waals surface area contributed by atoms with Crippen LogP contribution < -0.4 is 21.6 Å². The molecule has 324 valence electrons. The van der Waals surface area contributed by atoms with Crippen LogP contribution in [0.25, 0.3) is 21.9 Å². The van der Waals surface area contributed by atoms with Crippen molar-refractivity contribution in [1.29, 1.82) is 0 Å². The van der Waals surface area contributed by atoms with Crippen molar-refractivity contribution in [3.8, 4) is 0 Å². The number of alkyl halides is 3. The topological polar surface area (TPSA) is 168 Å². The summed E-state index contributed by atoms with van der Waals surface area (Å²) in [7, 11) is 1.74. The number of amides is 3. The van der Waals surface area contributed by atoms with Gasteiger partial charge in [-0.3, -0.25) is 38.4 Å². The van der Waals surface area contributed by atoms with E-state index >= 15 is 0 Å². The first-order valence-corrected chi connectivity index (χ1v) is 21.1. The second-order valence-electron chi connectivity index (χ2n) is 17.5. The molecule has 3 fully saturated rings. The molecule has 1 atom stereocenters. The number of halogens is 3. The Hall–Kier alpha value is -5.39. The van der Waals surface area contributed by atoms with Crippen molar-refractivity contribution >= 4 is 45.3 Å². The second kappa shape index (κ2) is 16.8. The number of aromatic nitrogens is 5. The van der Waals surface area contributed by atoms with E-state index in [0.29, 0.717) is 41.4 Å². The summed E-state index contributed by atoms with van der Waals surface area (Å²) in [5.74, 6) is -0.441. The Bertz CT molecular complexity index is 2520. The average Bonchev–Trinajstić information content (AvgIpc) is 3.75. The van der Waals surface area contributed by atoms with E-state index in [9.17, 15) is 37.5 Å². The highest BCUT2D eigenvalue weighted by atomic mass is 19.4. The summed E-state index contributed by atoms with van der Waals surface area (Å²) >= 11 is 0. The fourth-order valence-corrected chi connectivity index (χ4v) is 9.36. The maximum absolute atomic E-state index is 13.4. The lowest BCUT2D eigenvalue weighted by Crippen LogP contribution is -2.44. The van der Waals surface area contributed by atoms with Crippen molar-refractivity contribution in [2.24, 2.45) is 18.9 Å². The number of aliphatic hydroxyl groups is 1. The van der Waals surface area contributed by atoms with Crippen LogP contribution in [0.1, 0.15) is 105 Å². The second-order valence-corrected chi connectivity index (χ2v) is 17.5. The molecular formula is C44H52F3N9O5. The minimum atomic E-state index is -4.69. The van der Waals surface area contributed by atoms with Crippen molar-refractivity contribution in [3.63, 3.8) is 0 Å². The number of hydrogen-bond donors (Lipinski definition) is 4. The first-order valence-electron chi connectivity index (χ1n) is 21.1. The number of anilines is 1. The van der Waals surface area contributed by atoms with Crippen molar-refractivity contribution in [2.75, 3.05) is 31.5 Å². The number of fused-ring (bicyclic) bond motifs is 2. The van der Waals surface area contributed by atoms with Gasteiger partial charge in [-0.15, -0.1) is 0 Å². The molecule has 2 aromatic carbocycles. The third-order valence-electron chi connectivity index (χ3n) is 12.7. The van der Waals surface area contributed by atoms with Gasteiger partial charge in [0, 0.05) is 42.8 Å². The number of aryl methyl sites for hydroxylation is 1. The van der Waals surface area contributed by atoms with Crippen LogP contribution in [0.5, 0.6) is 0 Å². The maximum Gasteiger partial charge on any atom is 0.433 e. The zero-order chi connectivity index (χ0) is 43.2. The van der Waals surface area contributed by atoms with Crippen LogP contribution in [0.4, 0.5) is 18.9 Å². The Kier molecular flexibility index (Phi) is 11.7. The lowest BCUT2D eigenvalue weighted by molar-refractivity contribution is -0.141. The van der Waals surface area contributed by atoms with Crippen LogP contribution in [0, 0.1) is 11.8 Å². The molecule has 14 nitrogen and oxygen atoms in total. The molecule has 0 radical (unpaired) electrons. The molecule has 3 aromatic heterocycles. The molecule has 2 aliphatic heterocycles. The summed E-state index contributed by atoms with van der Waals surface area (Å²) < 4.78 is 44.9. The minimum absolute atomic E-state index is 0.190. The van der Waals surface area contributed by atoms with Gasteiger partial charge >= 0.3 is 11.9 Å². The number of para-hydroxylation sites is 1. The van der Waals surface area contributed by atoms with Crippen molar-refractivity contribution in [3.05, 3.63) is 87.7 Å². The molecule has 0 unspecified atom stereocenters. The van der Waals surface area contributed by atoms with Crippen LogP contribution in [-0.2, 0) is 35.0 Å². The van der Waals surface area contributed by atoms with Crippen molar-refractivity contribution < 1.29 is 32.7 Å². The number of nitrogens with one attached hydrogen (secondary N) is 3. The number of imidazole rings is 1. The van der Waals surface area contributed by atoms with E-state index in [1.807, 2.05) is 29.1 Å². The summed E-state index contributed by atoms with van der Waals surface area (Å²) in [5, 5.41) is 25.4. The van der Waals surface area contributed by atoms with Crippen LogP contribution in [0.15, 0.2) is 59.5 Å². The third kappa shape index (κ3) is 9.00. The highest BCUT2D eigenvalue weighted by molar-refractivity contribution is 6.04. The predicted octanol–water partition coefficient (Wildman–Crippen LogP) is 5.79. The summed E-state index contributed by atoms with van der Waals surface area (Å²) in [6.45, 7) is 7.67. The molecule has 0 spiro atoms. The first-order chi connectivity index (χ1) is 29.0. The van der Waals surface area contributed by atoms with Crippen LogP contribution in [0.2, 0.25) is 0 Å². The Morgan fingerprint density at radius 1 is 0.934 bits per heavy atom. The summed E-state index contributed by atoms with van der Waals surface area (Å²) in [4.78, 5) is 56.8. The molecule has 3 aliphatic rings. The van der Waals surface area contributed by atoms with Crippen LogP contribution in [-0.4, -0.2) is 77.8 Å². The van der Waals surface area contributed by atoms with Gasteiger partial charge in [-0.25, -0.2) is 9.78 Å². The molecule has 5 heterocycles. The van der Waals surface area contributed by atoms with E-state index in [2.05, 4.69) is 25.8 Å². The number of carbonyl (C=O) groups is 3. The third-order valence-corrected chi connectivity index (χ3v) is 12.7. The molecule has 5 aromatic rings. The SMILES string of the molecule is Cn1c(=O)n([C@@H]2CCC(=O)NC2=O)c2cccc(CN3CCC(CNCC4CCC(n5cc6cc(NC(=O)c7cccc(C(F)(F)F)n7)c(C(C)(C)O)cc6n5)CC4)CC3)c21. The standard InChI is InChI=1S/C44H52F3N9O5/c1-43(2,61)31-21-33-29(20-34(31)50-40(58)32-7-5-9-37(49-32)44(45,46)47)25-55(52-33)30-12-10-26(11-13-30)22-48-23-27-16-18-54(19-17-27)24-28-6-4-8-35-39(28)53(3)42(60)56(35)36-14-15-38(57)51-41(36)59/h4-9,20-21,25-27,30,36,48,61H,10-19,22-24H2,1-3H3,(H,50,58)(H,51,57,59)/t26?,30?,36-/m1/s1. The fraction of sp³-hybridized carbons (Fsp3) is 0.500. The molecule has 17 heteroatoms. The first kappa shape index (κ1) is 42.3. The number of pyridine rings is 1. The lowest BCUT2D eigenvalue weighted by Gasteiger charge is -2.33. The average molecular weight is 844 g/mol. The largest absolute Gasteiger partial charge is 0.433 e. The Morgan fingerprint density at radius 2 is 1.64 bits per heavy atom. The Balaban J connectivity index is 0.821. The highest BCUT2D eigenvalue weighted by Crippen LogP contribution is 2.36. The maximum atomic E-state index is 13.4. The van der Waals surface area contributed by atoms with E-state index in [1.54, 1.807) is 37.6 Å². The number of carbonyl (C=O) groups excluding carboxylic acids is 3. The molecular weight excluding hydrogens is 792 g/mol. The number of hydrogen-bond acceptors (Lipinski definition) is 9. The monoisotopic (exact) mass is 843 g/mol. The summed E-state index contributed by atoms with van der Waals surface area (Å²) in [6, 6.07) is 11.9. The zero-order valence-corrected chi connectivity index (χ0v) is 34.6. The molecule has 1 aliphatic carbocycles. The quantitative estimate of drug-likeness (QED) is 0.120. The molecule has 0 bridgehead atoms. The molecule has 8 rings (SSSR count). The molecule has 2 saturated heterocycles. The smallest absolute Gasteiger partial charge is 0.386 e. The molecule has 61 heavy (non-hydrogen) atoms. The van der Waals surface area contributed by atoms with E-state index in [4.69, 9.17) is 5.10 Å².